The number of hydrogen-bond acceptors (Lipinski definition) is 3. The molecule has 0 saturated heterocycles. The first-order chi connectivity index (χ1) is 5.20. The molecule has 0 aliphatic carbocycles. The van der Waals surface area contributed by atoms with Gasteiger partial charge in [0.1, 0.15) is 6.29 Å². The molecule has 0 spiro atoms. The summed E-state index contributed by atoms with van der Waals surface area (Å²) in [4.78, 5) is 22.6. The fourth-order valence-corrected chi connectivity index (χ4v) is 0.568. The van der Waals surface area contributed by atoms with Crippen molar-refractivity contribution in [3.05, 3.63) is 0 Å². The fourth-order valence-electron chi connectivity index (χ4n) is 0.568. The van der Waals surface area contributed by atoms with Crippen molar-refractivity contribution in [3.63, 3.8) is 0 Å². The maximum absolute atomic E-state index is 10.9. The van der Waals surface area contributed by atoms with Crippen LogP contribution >= 0.6 is 0 Å². The summed E-state index contributed by atoms with van der Waals surface area (Å²) in [6.07, 6.45) is 0.670. The topological polar surface area (TPSA) is 49.4 Å². The van der Waals surface area contributed by atoms with E-state index >= 15 is 0 Å². The monoisotopic (exact) mass is 158 g/mol. The molecular formula is C7H14N2O2. The molecule has 11 heavy (non-hydrogen) atoms. The van der Waals surface area contributed by atoms with Crippen molar-refractivity contribution < 1.29 is 9.59 Å². The van der Waals surface area contributed by atoms with Gasteiger partial charge in [-0.15, -0.1) is 0 Å². The van der Waals surface area contributed by atoms with E-state index in [1.165, 1.54) is 0 Å². The van der Waals surface area contributed by atoms with Gasteiger partial charge in [-0.3, -0.25) is 9.69 Å². The number of likely N-dealkylation sites (N-methyl/N-ethyl adjacent to an activating group) is 1. The second-order valence-electron chi connectivity index (χ2n) is 2.30. The molecular weight excluding hydrogens is 144 g/mol. The number of hydrogen-bond donors (Lipinski definition) is 1. The molecule has 0 rings (SSSR count). The molecule has 0 fully saturated rings. The quantitative estimate of drug-likeness (QED) is 0.536. The van der Waals surface area contributed by atoms with E-state index in [1.54, 1.807) is 0 Å². The molecule has 1 amide bonds. The molecule has 0 aromatic rings. The lowest BCUT2D eigenvalue weighted by Gasteiger charge is -2.11. The molecule has 4 nitrogen and oxygen atoms in total. The van der Waals surface area contributed by atoms with Gasteiger partial charge >= 0.3 is 0 Å². The number of amides is 1. The highest BCUT2D eigenvalue weighted by Crippen LogP contribution is 1.78. The zero-order chi connectivity index (χ0) is 8.69. The number of nitrogens with zero attached hydrogens (tertiary/aromatic N) is 1. The largest absolute Gasteiger partial charge is 0.348 e. The number of nitrogens with one attached hydrogen (secondary N) is 1. The Morgan fingerprint density at radius 3 is 2.73 bits per heavy atom. The number of rotatable bonds is 5. The summed E-state index contributed by atoms with van der Waals surface area (Å²) in [5.74, 6) is -0.110. The van der Waals surface area contributed by atoms with Gasteiger partial charge in [0.05, 0.1) is 13.1 Å². The van der Waals surface area contributed by atoms with Crippen LogP contribution in [0.25, 0.3) is 0 Å². The highest BCUT2D eigenvalue weighted by molar-refractivity contribution is 5.79. The van der Waals surface area contributed by atoms with Gasteiger partial charge in [0.15, 0.2) is 0 Å². The maximum atomic E-state index is 10.9. The van der Waals surface area contributed by atoms with Crippen molar-refractivity contribution >= 4 is 12.2 Å². The molecule has 64 valence electrons. The Labute approximate surface area is 66.6 Å². The van der Waals surface area contributed by atoms with Crippen LogP contribution < -0.4 is 5.32 Å². The second-order valence-corrected chi connectivity index (χ2v) is 2.30. The SMILES string of the molecule is CCN(C)CC(=O)NCC=O. The average Bonchev–Trinajstić information content (AvgIpc) is 2.00. The summed E-state index contributed by atoms with van der Waals surface area (Å²) >= 11 is 0. The lowest BCUT2D eigenvalue weighted by Crippen LogP contribution is -2.35. The van der Waals surface area contributed by atoms with Crippen LogP contribution in [0, 0.1) is 0 Å². The Bertz CT molecular complexity index is 136. The van der Waals surface area contributed by atoms with E-state index in [-0.39, 0.29) is 12.5 Å². The van der Waals surface area contributed by atoms with Gasteiger partial charge in [0, 0.05) is 0 Å². The summed E-state index contributed by atoms with van der Waals surface area (Å²) < 4.78 is 0. The summed E-state index contributed by atoms with van der Waals surface area (Å²) in [6.45, 7) is 3.25. The lowest BCUT2D eigenvalue weighted by atomic mass is 10.5. The highest BCUT2D eigenvalue weighted by Gasteiger charge is 2.02. The molecule has 4 heteroatoms. The minimum atomic E-state index is -0.110. The highest BCUT2D eigenvalue weighted by atomic mass is 16.2. The van der Waals surface area contributed by atoms with Crippen molar-refractivity contribution in [3.8, 4) is 0 Å². The molecule has 0 aliphatic heterocycles. The summed E-state index contributed by atoms with van der Waals surface area (Å²) in [6, 6.07) is 0. The Morgan fingerprint density at radius 1 is 1.64 bits per heavy atom. The molecule has 0 aromatic heterocycles. The second kappa shape index (κ2) is 5.85. The summed E-state index contributed by atoms with van der Waals surface area (Å²) in [5.41, 5.74) is 0. The van der Waals surface area contributed by atoms with Crippen molar-refractivity contribution in [1.29, 1.82) is 0 Å². The first kappa shape index (κ1) is 10.1. The van der Waals surface area contributed by atoms with Crippen LogP contribution in [0.1, 0.15) is 6.92 Å². The summed E-state index contributed by atoms with van der Waals surface area (Å²) in [7, 11) is 1.85. The molecule has 0 aromatic carbocycles. The van der Waals surface area contributed by atoms with Gasteiger partial charge < -0.3 is 10.1 Å². The van der Waals surface area contributed by atoms with Gasteiger partial charge in [-0.2, -0.15) is 0 Å². The number of carbonyl (C=O) groups is 2. The molecule has 0 bridgehead atoms. The Morgan fingerprint density at radius 2 is 2.27 bits per heavy atom. The van der Waals surface area contributed by atoms with E-state index in [0.717, 1.165) is 6.54 Å². The smallest absolute Gasteiger partial charge is 0.234 e. The minimum Gasteiger partial charge on any atom is -0.348 e. The fraction of sp³-hybridized carbons (Fsp3) is 0.714. The maximum Gasteiger partial charge on any atom is 0.234 e. The molecule has 0 saturated carbocycles. The molecule has 0 unspecified atom stereocenters. The van der Waals surface area contributed by atoms with Crippen LogP contribution in [-0.2, 0) is 9.59 Å². The van der Waals surface area contributed by atoms with Crippen molar-refractivity contribution in [2.45, 2.75) is 6.92 Å². The van der Waals surface area contributed by atoms with E-state index in [2.05, 4.69) is 5.32 Å². The standard InChI is InChI=1S/C7H14N2O2/c1-3-9(2)6-7(11)8-4-5-10/h5H,3-4,6H2,1-2H3,(H,8,11). The zero-order valence-corrected chi connectivity index (χ0v) is 6.96. The van der Waals surface area contributed by atoms with Crippen LogP contribution in [0.5, 0.6) is 0 Å². The van der Waals surface area contributed by atoms with Crippen molar-refractivity contribution in [2.24, 2.45) is 0 Å². The lowest BCUT2D eigenvalue weighted by molar-refractivity contribution is -0.123. The Balaban J connectivity index is 3.43. The predicted octanol–water partition coefficient (Wildman–Crippen LogP) is -0.747. The first-order valence-electron chi connectivity index (χ1n) is 3.59. The van der Waals surface area contributed by atoms with E-state index < -0.39 is 0 Å². The van der Waals surface area contributed by atoms with E-state index in [1.807, 2.05) is 18.9 Å². The van der Waals surface area contributed by atoms with Crippen LogP contribution in [0.3, 0.4) is 0 Å². The van der Waals surface area contributed by atoms with Crippen molar-refractivity contribution in [1.82, 2.24) is 10.2 Å². The van der Waals surface area contributed by atoms with Gasteiger partial charge in [-0.25, -0.2) is 0 Å². The van der Waals surface area contributed by atoms with Crippen LogP contribution in [0.15, 0.2) is 0 Å². The predicted molar refractivity (Wildman–Crippen MR) is 42.2 cm³/mol. The number of carbonyl (C=O) groups excluding carboxylic acids is 2. The zero-order valence-electron chi connectivity index (χ0n) is 6.96. The molecule has 1 N–H and O–H groups in total. The molecule has 0 atom stereocenters. The van der Waals surface area contributed by atoms with Crippen molar-refractivity contribution in [2.75, 3.05) is 26.7 Å². The van der Waals surface area contributed by atoms with E-state index in [0.29, 0.717) is 12.8 Å². The number of aldehydes is 1. The van der Waals surface area contributed by atoms with Gasteiger partial charge in [-0.05, 0) is 13.6 Å². The van der Waals surface area contributed by atoms with E-state index in [9.17, 15) is 9.59 Å². The normalized spacial score (nSPS) is 9.73. The van der Waals surface area contributed by atoms with Crippen LogP contribution in [0.2, 0.25) is 0 Å². The Kier molecular flexibility index (Phi) is 5.37. The van der Waals surface area contributed by atoms with E-state index in [4.69, 9.17) is 0 Å². The third-order valence-electron chi connectivity index (χ3n) is 1.34. The van der Waals surface area contributed by atoms with Crippen LogP contribution in [-0.4, -0.2) is 43.8 Å². The van der Waals surface area contributed by atoms with Crippen LogP contribution in [0.4, 0.5) is 0 Å². The summed E-state index contributed by atoms with van der Waals surface area (Å²) in [5, 5.41) is 2.45. The third kappa shape index (κ3) is 5.54. The molecule has 0 heterocycles. The first-order valence-corrected chi connectivity index (χ1v) is 3.59. The van der Waals surface area contributed by atoms with Gasteiger partial charge in [-0.1, -0.05) is 6.92 Å². The molecule has 0 aliphatic rings. The average molecular weight is 158 g/mol. The molecule has 0 radical (unpaired) electrons. The van der Waals surface area contributed by atoms with Gasteiger partial charge in [0.2, 0.25) is 5.91 Å². The Hall–Kier alpha value is -0.900. The third-order valence-corrected chi connectivity index (χ3v) is 1.34. The minimum absolute atomic E-state index is 0.108. The van der Waals surface area contributed by atoms with Gasteiger partial charge in [0.25, 0.3) is 0 Å².